The number of nitrogen functional groups attached to an aromatic ring is 1. The Hall–Kier alpha value is -3.00. The molecule has 1 aliphatic heterocycles. The van der Waals surface area contributed by atoms with Gasteiger partial charge in [0, 0.05) is 30.7 Å². The molecule has 2 N–H and O–H groups in total. The zero-order chi connectivity index (χ0) is 16.5. The predicted octanol–water partition coefficient (Wildman–Crippen LogP) is 0.903. The van der Waals surface area contributed by atoms with Crippen LogP contribution in [-0.4, -0.2) is 50.6 Å². The molecule has 1 aliphatic rings. The molecule has 0 saturated carbocycles. The van der Waals surface area contributed by atoms with Crippen molar-refractivity contribution in [1.82, 2.24) is 24.5 Å². The maximum atomic E-state index is 11.0. The van der Waals surface area contributed by atoms with Crippen LogP contribution in [0.1, 0.15) is 11.7 Å². The first-order valence-corrected chi connectivity index (χ1v) is 7.62. The van der Waals surface area contributed by atoms with E-state index in [9.17, 15) is 4.79 Å². The number of ether oxygens (including phenoxy) is 1. The number of carbonyl (C=O) groups is 1. The maximum Gasteiger partial charge on any atom is 0.209 e. The van der Waals surface area contributed by atoms with E-state index in [0.29, 0.717) is 36.7 Å². The van der Waals surface area contributed by atoms with Gasteiger partial charge in [0.25, 0.3) is 0 Å². The summed E-state index contributed by atoms with van der Waals surface area (Å²) in [5, 5.41) is 4.34. The second kappa shape index (κ2) is 5.89. The van der Waals surface area contributed by atoms with Crippen molar-refractivity contribution in [2.24, 2.45) is 0 Å². The quantitative estimate of drug-likeness (QED) is 0.719. The zero-order valence-electron chi connectivity index (χ0n) is 12.9. The molecular formula is C16H16N6O2. The summed E-state index contributed by atoms with van der Waals surface area (Å²) in [5.74, 6) is 0.373. The lowest BCUT2D eigenvalue weighted by atomic mass is 10.1. The van der Waals surface area contributed by atoms with Crippen molar-refractivity contribution in [3.05, 3.63) is 42.4 Å². The van der Waals surface area contributed by atoms with Crippen LogP contribution >= 0.6 is 0 Å². The SMILES string of the molecule is Nc1nn2cc(C3CN(C=O)CCO3)cnc2c1-c1ccccn1. The summed E-state index contributed by atoms with van der Waals surface area (Å²) in [5.41, 5.74) is 8.99. The number of hydrogen-bond donors (Lipinski definition) is 1. The van der Waals surface area contributed by atoms with Crippen molar-refractivity contribution in [2.75, 3.05) is 25.4 Å². The molecule has 3 aromatic heterocycles. The third-order valence-electron chi connectivity index (χ3n) is 4.06. The maximum absolute atomic E-state index is 11.0. The molecule has 1 amide bonds. The van der Waals surface area contributed by atoms with Crippen molar-refractivity contribution in [2.45, 2.75) is 6.10 Å². The largest absolute Gasteiger partial charge is 0.382 e. The van der Waals surface area contributed by atoms with Crippen LogP contribution in [0.15, 0.2) is 36.8 Å². The highest BCUT2D eigenvalue weighted by atomic mass is 16.5. The third-order valence-corrected chi connectivity index (χ3v) is 4.06. The Morgan fingerprint density at radius 1 is 1.33 bits per heavy atom. The number of nitrogens with zero attached hydrogens (tertiary/aromatic N) is 5. The Balaban J connectivity index is 1.74. The lowest BCUT2D eigenvalue weighted by Gasteiger charge is -2.30. The molecule has 4 heterocycles. The van der Waals surface area contributed by atoms with Crippen LogP contribution in [0.25, 0.3) is 16.9 Å². The lowest BCUT2D eigenvalue weighted by molar-refractivity contribution is -0.125. The monoisotopic (exact) mass is 324 g/mol. The number of pyridine rings is 1. The van der Waals surface area contributed by atoms with Crippen LogP contribution in [0.4, 0.5) is 5.82 Å². The number of amides is 1. The second-order valence-corrected chi connectivity index (χ2v) is 5.59. The average Bonchev–Trinajstić information content (AvgIpc) is 2.97. The molecule has 1 unspecified atom stereocenters. The molecule has 1 fully saturated rings. The average molecular weight is 324 g/mol. The minimum absolute atomic E-state index is 0.218. The van der Waals surface area contributed by atoms with Crippen LogP contribution in [0.5, 0.6) is 0 Å². The van der Waals surface area contributed by atoms with E-state index in [4.69, 9.17) is 10.5 Å². The van der Waals surface area contributed by atoms with Gasteiger partial charge in [0.05, 0.1) is 24.4 Å². The van der Waals surface area contributed by atoms with Crippen molar-refractivity contribution in [3.8, 4) is 11.3 Å². The van der Waals surface area contributed by atoms with Crippen LogP contribution in [0.2, 0.25) is 0 Å². The molecule has 3 aromatic rings. The van der Waals surface area contributed by atoms with E-state index < -0.39 is 0 Å². The summed E-state index contributed by atoms with van der Waals surface area (Å²) in [7, 11) is 0. The number of carbonyl (C=O) groups excluding carboxylic acids is 1. The highest BCUT2D eigenvalue weighted by Crippen LogP contribution is 2.29. The number of hydrogen-bond acceptors (Lipinski definition) is 6. The van der Waals surface area contributed by atoms with E-state index in [1.54, 1.807) is 21.8 Å². The van der Waals surface area contributed by atoms with E-state index in [0.717, 1.165) is 17.7 Å². The second-order valence-electron chi connectivity index (χ2n) is 5.59. The smallest absolute Gasteiger partial charge is 0.209 e. The Labute approximate surface area is 137 Å². The molecule has 24 heavy (non-hydrogen) atoms. The highest BCUT2D eigenvalue weighted by Gasteiger charge is 2.23. The van der Waals surface area contributed by atoms with Gasteiger partial charge >= 0.3 is 0 Å². The first-order valence-electron chi connectivity index (χ1n) is 7.62. The molecule has 0 spiro atoms. The molecule has 1 atom stereocenters. The van der Waals surface area contributed by atoms with E-state index in [2.05, 4.69) is 15.1 Å². The first-order chi connectivity index (χ1) is 11.8. The molecular weight excluding hydrogens is 308 g/mol. The fourth-order valence-electron chi connectivity index (χ4n) is 2.86. The van der Waals surface area contributed by atoms with Gasteiger partial charge in [-0.1, -0.05) is 6.07 Å². The molecule has 0 aromatic carbocycles. The third kappa shape index (κ3) is 2.46. The topological polar surface area (TPSA) is 98.6 Å². The van der Waals surface area contributed by atoms with Gasteiger partial charge in [0.15, 0.2) is 11.5 Å². The predicted molar refractivity (Wildman–Crippen MR) is 87.0 cm³/mol. The van der Waals surface area contributed by atoms with Gasteiger partial charge in [-0.15, -0.1) is 5.10 Å². The number of fused-ring (bicyclic) bond motifs is 1. The summed E-state index contributed by atoms with van der Waals surface area (Å²) in [4.78, 5) is 21.5. The first kappa shape index (κ1) is 14.6. The Bertz CT molecular complexity index is 879. The van der Waals surface area contributed by atoms with Gasteiger partial charge in [-0.2, -0.15) is 0 Å². The standard InChI is InChI=1S/C16H16N6O2/c17-15-14(12-3-1-2-4-18-12)16-19-7-11(8-22(16)20-15)13-9-21(10-23)5-6-24-13/h1-4,7-8,10,13H,5-6,9H2,(H2,17,20). The van der Waals surface area contributed by atoms with Gasteiger partial charge in [0.2, 0.25) is 6.41 Å². The van der Waals surface area contributed by atoms with E-state index >= 15 is 0 Å². The molecule has 122 valence electrons. The minimum atomic E-state index is -0.218. The van der Waals surface area contributed by atoms with Crippen LogP contribution < -0.4 is 5.73 Å². The number of nitrogens with two attached hydrogens (primary N) is 1. The molecule has 0 radical (unpaired) electrons. The highest BCUT2D eigenvalue weighted by molar-refractivity contribution is 5.84. The van der Waals surface area contributed by atoms with Crippen molar-refractivity contribution in [3.63, 3.8) is 0 Å². The molecule has 0 bridgehead atoms. The Kier molecular flexibility index (Phi) is 3.58. The van der Waals surface area contributed by atoms with Gasteiger partial charge in [-0.25, -0.2) is 9.50 Å². The molecule has 8 nitrogen and oxygen atoms in total. The summed E-state index contributed by atoms with van der Waals surface area (Å²) in [6, 6.07) is 5.61. The summed E-state index contributed by atoms with van der Waals surface area (Å²) in [6.07, 6.45) is 5.90. The van der Waals surface area contributed by atoms with E-state index in [-0.39, 0.29) is 6.10 Å². The van der Waals surface area contributed by atoms with Crippen LogP contribution in [0, 0.1) is 0 Å². The number of morpholine rings is 1. The summed E-state index contributed by atoms with van der Waals surface area (Å²) >= 11 is 0. The van der Waals surface area contributed by atoms with Crippen LogP contribution in [0.3, 0.4) is 0 Å². The number of rotatable bonds is 3. The van der Waals surface area contributed by atoms with Gasteiger partial charge in [-0.3, -0.25) is 9.78 Å². The van der Waals surface area contributed by atoms with E-state index in [1.165, 1.54) is 0 Å². The summed E-state index contributed by atoms with van der Waals surface area (Å²) < 4.78 is 7.38. The Morgan fingerprint density at radius 2 is 2.25 bits per heavy atom. The fraction of sp³-hybridized carbons (Fsp3) is 0.250. The molecule has 4 rings (SSSR count). The van der Waals surface area contributed by atoms with Crippen molar-refractivity contribution < 1.29 is 9.53 Å². The van der Waals surface area contributed by atoms with Gasteiger partial charge in [-0.05, 0) is 12.1 Å². The Morgan fingerprint density at radius 3 is 3.04 bits per heavy atom. The van der Waals surface area contributed by atoms with Gasteiger partial charge < -0.3 is 15.4 Å². The normalized spacial score (nSPS) is 18.0. The number of aromatic nitrogens is 4. The van der Waals surface area contributed by atoms with E-state index in [1.807, 2.05) is 24.4 Å². The molecule has 8 heteroatoms. The van der Waals surface area contributed by atoms with Gasteiger partial charge in [0.1, 0.15) is 6.10 Å². The zero-order valence-corrected chi connectivity index (χ0v) is 12.9. The summed E-state index contributed by atoms with van der Waals surface area (Å²) in [6.45, 7) is 1.61. The minimum Gasteiger partial charge on any atom is -0.382 e. The van der Waals surface area contributed by atoms with Crippen molar-refractivity contribution >= 4 is 17.9 Å². The lowest BCUT2D eigenvalue weighted by Crippen LogP contribution is -2.37. The van der Waals surface area contributed by atoms with Crippen LogP contribution in [-0.2, 0) is 9.53 Å². The molecule has 1 saturated heterocycles. The fourth-order valence-corrected chi connectivity index (χ4v) is 2.86. The molecule has 0 aliphatic carbocycles. The van der Waals surface area contributed by atoms with Crippen molar-refractivity contribution in [1.29, 1.82) is 0 Å². The number of anilines is 1.